The molecular formula is C15H20N2O3. The Morgan fingerprint density at radius 2 is 2.00 bits per heavy atom. The molecule has 0 aromatic heterocycles. The molecule has 1 aromatic carbocycles. The highest BCUT2D eigenvalue weighted by Gasteiger charge is 2.38. The van der Waals surface area contributed by atoms with Crippen molar-refractivity contribution in [1.29, 1.82) is 0 Å². The second-order valence-electron chi connectivity index (χ2n) is 5.02. The summed E-state index contributed by atoms with van der Waals surface area (Å²) in [5, 5.41) is 12.2. The predicted octanol–water partition coefficient (Wildman–Crippen LogP) is 2.40. The number of urea groups is 1. The van der Waals surface area contributed by atoms with E-state index < -0.39 is 12.0 Å². The second-order valence-corrected chi connectivity index (χ2v) is 5.02. The minimum atomic E-state index is -0.971. The number of carbonyl (C=O) groups excluding carboxylic acids is 1. The van der Waals surface area contributed by atoms with Crippen LogP contribution in [0.3, 0.4) is 0 Å². The maximum atomic E-state index is 12.4. The van der Waals surface area contributed by atoms with Crippen molar-refractivity contribution in [3.05, 3.63) is 29.8 Å². The zero-order chi connectivity index (χ0) is 14.7. The summed E-state index contributed by atoms with van der Waals surface area (Å²) in [5.74, 6) is -0.971. The van der Waals surface area contributed by atoms with E-state index in [0.717, 1.165) is 18.4 Å². The largest absolute Gasteiger partial charge is 0.480 e. The zero-order valence-electron chi connectivity index (χ0n) is 11.8. The van der Waals surface area contributed by atoms with Crippen molar-refractivity contribution in [3.63, 3.8) is 0 Å². The van der Waals surface area contributed by atoms with Gasteiger partial charge in [-0.2, -0.15) is 0 Å². The number of para-hydroxylation sites is 1. The quantitative estimate of drug-likeness (QED) is 0.887. The number of nitrogens with zero attached hydrogens (tertiary/aromatic N) is 1. The van der Waals surface area contributed by atoms with Crippen LogP contribution in [0.15, 0.2) is 24.3 Å². The Kier molecular flexibility index (Phi) is 4.27. The average molecular weight is 276 g/mol. The van der Waals surface area contributed by atoms with Crippen LogP contribution in [0, 0.1) is 0 Å². The normalized spacial score (nSPS) is 17.1. The summed E-state index contributed by atoms with van der Waals surface area (Å²) in [4.78, 5) is 25.2. The second kappa shape index (κ2) is 5.94. The third-order valence-corrected chi connectivity index (χ3v) is 3.79. The van der Waals surface area contributed by atoms with E-state index in [-0.39, 0.29) is 12.1 Å². The Labute approximate surface area is 118 Å². The van der Waals surface area contributed by atoms with E-state index in [1.54, 1.807) is 6.07 Å². The summed E-state index contributed by atoms with van der Waals surface area (Å²) in [6.45, 7) is 4.00. The molecule has 1 aliphatic heterocycles. The molecule has 20 heavy (non-hydrogen) atoms. The van der Waals surface area contributed by atoms with Crippen LogP contribution in [-0.2, 0) is 11.2 Å². The van der Waals surface area contributed by atoms with Crippen molar-refractivity contribution in [2.45, 2.75) is 45.2 Å². The van der Waals surface area contributed by atoms with Gasteiger partial charge in [-0.05, 0) is 24.5 Å². The summed E-state index contributed by atoms with van der Waals surface area (Å²) < 4.78 is 0. The van der Waals surface area contributed by atoms with Crippen LogP contribution in [0.25, 0.3) is 0 Å². The first kappa shape index (κ1) is 14.4. The van der Waals surface area contributed by atoms with Crippen molar-refractivity contribution in [2.75, 3.05) is 4.90 Å². The van der Waals surface area contributed by atoms with Gasteiger partial charge in [0.25, 0.3) is 0 Å². The third kappa shape index (κ3) is 2.61. The van der Waals surface area contributed by atoms with Gasteiger partial charge in [0.1, 0.15) is 6.04 Å². The first-order chi connectivity index (χ1) is 9.58. The van der Waals surface area contributed by atoms with Crippen molar-refractivity contribution < 1.29 is 14.7 Å². The topological polar surface area (TPSA) is 69.6 Å². The van der Waals surface area contributed by atoms with Gasteiger partial charge in [0.05, 0.1) is 0 Å². The fourth-order valence-corrected chi connectivity index (χ4v) is 2.57. The number of benzene rings is 1. The highest BCUT2D eigenvalue weighted by atomic mass is 16.4. The van der Waals surface area contributed by atoms with Gasteiger partial charge >= 0.3 is 12.0 Å². The molecule has 1 aliphatic rings. The fraction of sp³-hybridized carbons (Fsp3) is 0.467. The maximum Gasteiger partial charge on any atom is 0.327 e. The Hall–Kier alpha value is -2.04. The molecule has 0 radical (unpaired) electrons. The standard InChI is InChI=1S/C15H20N2O3/c1-3-11(4-2)16-15(20)17-12-8-6-5-7-10(12)9-13(17)14(18)19/h5-8,11,13H,3-4,9H2,1-2H3,(H,16,20)(H,18,19)/t13-/m0/s1. The molecule has 2 N–H and O–H groups in total. The lowest BCUT2D eigenvalue weighted by molar-refractivity contribution is -0.138. The van der Waals surface area contributed by atoms with Gasteiger partial charge in [0, 0.05) is 18.2 Å². The number of fused-ring (bicyclic) bond motifs is 1. The fourth-order valence-electron chi connectivity index (χ4n) is 2.57. The van der Waals surface area contributed by atoms with E-state index in [0.29, 0.717) is 12.1 Å². The predicted molar refractivity (Wildman–Crippen MR) is 77.0 cm³/mol. The number of amides is 2. The third-order valence-electron chi connectivity index (χ3n) is 3.79. The molecule has 108 valence electrons. The molecule has 1 aromatic rings. The highest BCUT2D eigenvalue weighted by Crippen LogP contribution is 2.32. The number of carbonyl (C=O) groups is 2. The first-order valence-electron chi connectivity index (χ1n) is 6.98. The molecule has 0 spiro atoms. The average Bonchev–Trinajstić information content (AvgIpc) is 2.84. The van der Waals surface area contributed by atoms with Gasteiger partial charge in [-0.15, -0.1) is 0 Å². The monoisotopic (exact) mass is 276 g/mol. The van der Waals surface area contributed by atoms with Gasteiger partial charge in [-0.3, -0.25) is 4.90 Å². The van der Waals surface area contributed by atoms with Crippen molar-refractivity contribution in [1.82, 2.24) is 5.32 Å². The summed E-state index contributed by atoms with van der Waals surface area (Å²) in [6.07, 6.45) is 2.02. The minimum Gasteiger partial charge on any atom is -0.480 e. The molecule has 2 amide bonds. The smallest absolute Gasteiger partial charge is 0.327 e. The van der Waals surface area contributed by atoms with Crippen LogP contribution in [0.2, 0.25) is 0 Å². The lowest BCUT2D eigenvalue weighted by atomic mass is 10.1. The SMILES string of the molecule is CCC(CC)NC(=O)N1c2ccccc2C[C@H]1C(=O)O. The van der Waals surface area contributed by atoms with Crippen LogP contribution in [0.4, 0.5) is 10.5 Å². The number of hydrogen-bond acceptors (Lipinski definition) is 2. The maximum absolute atomic E-state index is 12.4. The van der Waals surface area contributed by atoms with Gasteiger partial charge in [0.2, 0.25) is 0 Å². The van der Waals surface area contributed by atoms with Crippen molar-refractivity contribution >= 4 is 17.7 Å². The van der Waals surface area contributed by atoms with E-state index in [1.165, 1.54) is 4.90 Å². The van der Waals surface area contributed by atoms with Crippen LogP contribution in [-0.4, -0.2) is 29.2 Å². The van der Waals surface area contributed by atoms with Gasteiger partial charge in [0.15, 0.2) is 0 Å². The van der Waals surface area contributed by atoms with E-state index in [4.69, 9.17) is 0 Å². The summed E-state index contributed by atoms with van der Waals surface area (Å²) in [5.41, 5.74) is 1.60. The Balaban J connectivity index is 2.26. The Morgan fingerprint density at radius 3 is 2.60 bits per heavy atom. The number of anilines is 1. The zero-order valence-corrected chi connectivity index (χ0v) is 11.8. The van der Waals surface area contributed by atoms with Gasteiger partial charge < -0.3 is 10.4 Å². The molecule has 0 aliphatic carbocycles. The molecule has 0 unspecified atom stereocenters. The van der Waals surface area contributed by atoms with Crippen LogP contribution < -0.4 is 10.2 Å². The number of hydrogen-bond donors (Lipinski definition) is 2. The van der Waals surface area contributed by atoms with E-state index in [2.05, 4.69) is 5.32 Å². The summed E-state index contributed by atoms with van der Waals surface area (Å²) in [6, 6.07) is 6.28. The molecule has 1 heterocycles. The lowest BCUT2D eigenvalue weighted by Crippen LogP contribution is -2.50. The molecule has 0 saturated heterocycles. The van der Waals surface area contributed by atoms with E-state index >= 15 is 0 Å². The van der Waals surface area contributed by atoms with Gasteiger partial charge in [-0.1, -0.05) is 32.0 Å². The lowest BCUT2D eigenvalue weighted by Gasteiger charge is -2.25. The van der Waals surface area contributed by atoms with Crippen molar-refractivity contribution in [3.8, 4) is 0 Å². The summed E-state index contributed by atoms with van der Waals surface area (Å²) in [7, 11) is 0. The Bertz CT molecular complexity index is 512. The molecule has 5 heteroatoms. The Morgan fingerprint density at radius 1 is 1.35 bits per heavy atom. The van der Waals surface area contributed by atoms with E-state index in [9.17, 15) is 14.7 Å². The molecule has 1 atom stereocenters. The van der Waals surface area contributed by atoms with Crippen LogP contribution in [0.1, 0.15) is 32.3 Å². The van der Waals surface area contributed by atoms with Crippen LogP contribution >= 0.6 is 0 Å². The number of carboxylic acids is 1. The number of carboxylic acid groups (broad SMARTS) is 1. The van der Waals surface area contributed by atoms with E-state index in [1.807, 2.05) is 32.0 Å². The van der Waals surface area contributed by atoms with Gasteiger partial charge in [-0.25, -0.2) is 9.59 Å². The minimum absolute atomic E-state index is 0.0738. The molecule has 0 saturated carbocycles. The van der Waals surface area contributed by atoms with Crippen molar-refractivity contribution in [2.24, 2.45) is 0 Å². The first-order valence-corrected chi connectivity index (χ1v) is 6.98. The molecule has 0 fully saturated rings. The number of aliphatic carboxylic acids is 1. The number of rotatable bonds is 4. The highest BCUT2D eigenvalue weighted by molar-refractivity contribution is 6.01. The summed E-state index contributed by atoms with van der Waals surface area (Å²) >= 11 is 0. The molecule has 2 rings (SSSR count). The molecule has 5 nitrogen and oxygen atoms in total. The molecule has 0 bridgehead atoms. The number of nitrogens with one attached hydrogen (secondary N) is 1. The van der Waals surface area contributed by atoms with Crippen LogP contribution in [0.5, 0.6) is 0 Å². The molecular weight excluding hydrogens is 256 g/mol.